The van der Waals surface area contributed by atoms with E-state index in [1.54, 1.807) is 24.8 Å². The Balaban J connectivity index is 2.61. The first-order chi connectivity index (χ1) is 6.79. The van der Waals surface area contributed by atoms with Crippen LogP contribution in [-0.4, -0.2) is 9.97 Å². The van der Waals surface area contributed by atoms with Gasteiger partial charge in [0.2, 0.25) is 0 Å². The third-order valence-corrected chi connectivity index (χ3v) is 2.22. The van der Waals surface area contributed by atoms with Gasteiger partial charge in [-0.1, -0.05) is 11.6 Å². The molecule has 0 aliphatic rings. The van der Waals surface area contributed by atoms with Crippen LogP contribution >= 0.6 is 11.6 Å². The molecule has 14 heavy (non-hydrogen) atoms. The molecule has 0 aliphatic heterocycles. The lowest BCUT2D eigenvalue weighted by Gasteiger charge is -2.05. The minimum Gasteiger partial charge on any atom is -0.397 e. The van der Waals surface area contributed by atoms with Gasteiger partial charge in [0.1, 0.15) is 0 Å². The summed E-state index contributed by atoms with van der Waals surface area (Å²) in [6.45, 7) is 0. The largest absolute Gasteiger partial charge is 0.397 e. The molecular formula is C10H8ClN3. The fourth-order valence-electron chi connectivity index (χ4n) is 1.25. The molecule has 0 radical (unpaired) electrons. The Bertz CT molecular complexity index is 413. The summed E-state index contributed by atoms with van der Waals surface area (Å²) in [5.41, 5.74) is 8.15. The maximum atomic E-state index is 5.99. The van der Waals surface area contributed by atoms with Crippen LogP contribution in [0.25, 0.3) is 11.1 Å². The van der Waals surface area contributed by atoms with Crippen molar-refractivity contribution in [1.29, 1.82) is 0 Å². The fraction of sp³-hybridized carbons (Fsp3) is 0. The first-order valence-corrected chi connectivity index (χ1v) is 4.46. The topological polar surface area (TPSA) is 51.8 Å². The van der Waals surface area contributed by atoms with Gasteiger partial charge in [-0.25, -0.2) is 0 Å². The molecule has 4 heteroatoms. The molecule has 0 saturated heterocycles. The number of rotatable bonds is 1. The molecule has 0 amide bonds. The van der Waals surface area contributed by atoms with Gasteiger partial charge < -0.3 is 5.73 Å². The Morgan fingerprint density at radius 1 is 1.00 bits per heavy atom. The van der Waals surface area contributed by atoms with Gasteiger partial charge in [0, 0.05) is 29.7 Å². The number of nitrogens with two attached hydrogens (primary N) is 1. The van der Waals surface area contributed by atoms with E-state index in [0.29, 0.717) is 10.7 Å². The van der Waals surface area contributed by atoms with Crippen LogP contribution in [-0.2, 0) is 0 Å². The molecule has 0 atom stereocenters. The standard InChI is InChI=1S/C10H8ClN3/c11-9-5-13-3-1-7(9)8-2-4-14-6-10(8)12/h1-6H,12H2. The Hall–Kier alpha value is -1.61. The molecule has 3 nitrogen and oxygen atoms in total. The average molecular weight is 206 g/mol. The van der Waals surface area contributed by atoms with E-state index >= 15 is 0 Å². The molecule has 0 fully saturated rings. The van der Waals surface area contributed by atoms with Crippen LogP contribution in [0.15, 0.2) is 36.9 Å². The van der Waals surface area contributed by atoms with E-state index < -0.39 is 0 Å². The first kappa shape index (κ1) is 8.97. The van der Waals surface area contributed by atoms with Gasteiger partial charge >= 0.3 is 0 Å². The van der Waals surface area contributed by atoms with Gasteiger partial charge in [-0.05, 0) is 12.1 Å². The first-order valence-electron chi connectivity index (χ1n) is 4.08. The summed E-state index contributed by atoms with van der Waals surface area (Å²) < 4.78 is 0. The second-order valence-electron chi connectivity index (χ2n) is 2.82. The summed E-state index contributed by atoms with van der Waals surface area (Å²) in [4.78, 5) is 7.83. The Morgan fingerprint density at radius 2 is 1.64 bits per heavy atom. The highest BCUT2D eigenvalue weighted by Crippen LogP contribution is 2.29. The quantitative estimate of drug-likeness (QED) is 0.778. The van der Waals surface area contributed by atoms with Gasteiger partial charge in [-0.2, -0.15) is 0 Å². The van der Waals surface area contributed by atoms with Crippen LogP contribution in [0.1, 0.15) is 0 Å². The predicted molar refractivity (Wildman–Crippen MR) is 56.9 cm³/mol. The summed E-state index contributed by atoms with van der Waals surface area (Å²) in [5, 5.41) is 0.588. The monoisotopic (exact) mass is 205 g/mol. The molecule has 0 aliphatic carbocycles. The maximum absolute atomic E-state index is 5.99. The lowest BCUT2D eigenvalue weighted by molar-refractivity contribution is 1.31. The number of hydrogen-bond donors (Lipinski definition) is 1. The van der Waals surface area contributed by atoms with Gasteiger partial charge in [0.05, 0.1) is 16.9 Å². The van der Waals surface area contributed by atoms with E-state index in [-0.39, 0.29) is 0 Å². The molecule has 0 bridgehead atoms. The van der Waals surface area contributed by atoms with Crippen molar-refractivity contribution in [3.8, 4) is 11.1 Å². The van der Waals surface area contributed by atoms with Crippen molar-refractivity contribution in [3.63, 3.8) is 0 Å². The predicted octanol–water partition coefficient (Wildman–Crippen LogP) is 2.38. The summed E-state index contributed by atoms with van der Waals surface area (Å²) in [6.07, 6.45) is 6.56. The number of pyridine rings is 2. The highest BCUT2D eigenvalue weighted by atomic mass is 35.5. The third kappa shape index (κ3) is 1.54. The summed E-state index contributed by atoms with van der Waals surface area (Å²) in [5.74, 6) is 0. The number of anilines is 1. The van der Waals surface area contributed by atoms with Crippen LogP contribution in [0.5, 0.6) is 0 Å². The summed E-state index contributed by atoms with van der Waals surface area (Å²) in [7, 11) is 0. The normalized spacial score (nSPS) is 10.1. The van der Waals surface area contributed by atoms with E-state index in [1.807, 2.05) is 12.1 Å². The van der Waals surface area contributed by atoms with Crippen molar-refractivity contribution in [2.24, 2.45) is 0 Å². The fourth-order valence-corrected chi connectivity index (χ4v) is 1.47. The zero-order valence-corrected chi connectivity index (χ0v) is 8.07. The molecule has 2 aromatic rings. The zero-order chi connectivity index (χ0) is 9.97. The second-order valence-corrected chi connectivity index (χ2v) is 3.23. The van der Waals surface area contributed by atoms with Crippen molar-refractivity contribution in [2.45, 2.75) is 0 Å². The lowest BCUT2D eigenvalue weighted by atomic mass is 10.1. The molecule has 70 valence electrons. The number of hydrogen-bond acceptors (Lipinski definition) is 3. The number of halogens is 1. The van der Waals surface area contributed by atoms with Crippen molar-refractivity contribution < 1.29 is 0 Å². The Labute approximate surface area is 86.6 Å². The Morgan fingerprint density at radius 3 is 2.29 bits per heavy atom. The molecule has 2 heterocycles. The van der Waals surface area contributed by atoms with E-state index in [4.69, 9.17) is 17.3 Å². The number of nitrogen functional groups attached to an aromatic ring is 1. The van der Waals surface area contributed by atoms with Crippen molar-refractivity contribution in [2.75, 3.05) is 5.73 Å². The van der Waals surface area contributed by atoms with Crippen molar-refractivity contribution >= 4 is 17.3 Å². The molecule has 0 aromatic carbocycles. The minimum atomic E-state index is 0.588. The van der Waals surface area contributed by atoms with Gasteiger partial charge in [-0.15, -0.1) is 0 Å². The SMILES string of the molecule is Nc1cnccc1-c1ccncc1Cl. The van der Waals surface area contributed by atoms with E-state index in [2.05, 4.69) is 9.97 Å². The zero-order valence-electron chi connectivity index (χ0n) is 7.31. The van der Waals surface area contributed by atoms with Crippen LogP contribution in [0.2, 0.25) is 5.02 Å². The smallest absolute Gasteiger partial charge is 0.0668 e. The highest BCUT2D eigenvalue weighted by Gasteiger charge is 2.05. The number of nitrogens with zero attached hydrogens (tertiary/aromatic N) is 2. The van der Waals surface area contributed by atoms with E-state index in [9.17, 15) is 0 Å². The summed E-state index contributed by atoms with van der Waals surface area (Å²) in [6, 6.07) is 3.66. The average Bonchev–Trinajstić information content (AvgIpc) is 2.20. The third-order valence-electron chi connectivity index (χ3n) is 1.91. The number of aromatic nitrogens is 2. The molecule has 2 aromatic heterocycles. The van der Waals surface area contributed by atoms with E-state index in [1.165, 1.54) is 0 Å². The molecule has 2 N–H and O–H groups in total. The van der Waals surface area contributed by atoms with Crippen molar-refractivity contribution in [1.82, 2.24) is 9.97 Å². The maximum Gasteiger partial charge on any atom is 0.0668 e. The van der Waals surface area contributed by atoms with Gasteiger partial charge in [-0.3, -0.25) is 9.97 Å². The molecule has 0 spiro atoms. The second kappa shape index (κ2) is 3.64. The van der Waals surface area contributed by atoms with Crippen LogP contribution < -0.4 is 5.73 Å². The lowest BCUT2D eigenvalue weighted by Crippen LogP contribution is -1.91. The van der Waals surface area contributed by atoms with E-state index in [0.717, 1.165) is 11.1 Å². The molecule has 2 rings (SSSR count). The summed E-state index contributed by atoms with van der Waals surface area (Å²) >= 11 is 5.99. The molecule has 0 saturated carbocycles. The van der Waals surface area contributed by atoms with Crippen LogP contribution in [0.3, 0.4) is 0 Å². The minimum absolute atomic E-state index is 0.588. The van der Waals surface area contributed by atoms with Gasteiger partial charge in [0.15, 0.2) is 0 Å². The molecular weight excluding hydrogens is 198 g/mol. The van der Waals surface area contributed by atoms with Crippen LogP contribution in [0.4, 0.5) is 5.69 Å². The molecule has 0 unspecified atom stereocenters. The van der Waals surface area contributed by atoms with Crippen LogP contribution in [0, 0.1) is 0 Å². The highest BCUT2D eigenvalue weighted by molar-refractivity contribution is 6.33. The van der Waals surface area contributed by atoms with Gasteiger partial charge in [0.25, 0.3) is 0 Å². The Kier molecular flexibility index (Phi) is 2.33. The van der Waals surface area contributed by atoms with Crippen molar-refractivity contribution in [3.05, 3.63) is 41.9 Å².